The number of benzene rings is 2. The normalized spacial score (nSPS) is 15.3. The molecule has 0 aliphatic carbocycles. The van der Waals surface area contributed by atoms with Crippen molar-refractivity contribution in [1.29, 1.82) is 0 Å². The van der Waals surface area contributed by atoms with E-state index in [1.165, 1.54) is 31.5 Å². The Morgan fingerprint density at radius 2 is 1.86 bits per heavy atom. The molecule has 1 aliphatic heterocycles. The topological polar surface area (TPSA) is 41.6 Å². The minimum Gasteiger partial charge on any atom is -0.492 e. The summed E-state index contributed by atoms with van der Waals surface area (Å²) in [6.07, 6.45) is 3.55. The van der Waals surface area contributed by atoms with Gasteiger partial charge in [-0.15, -0.1) is 0 Å². The lowest BCUT2D eigenvalue weighted by Crippen LogP contribution is -2.32. The monoisotopic (exact) mass is 434 g/mol. The SMILES string of the molecule is CC1CCN(Cc2ccc(NC(=O)CCCOc3ccc(Cl)cc3Cl)cc2)CC1. The van der Waals surface area contributed by atoms with Crippen LogP contribution in [0.1, 0.15) is 38.2 Å². The molecule has 0 bridgehead atoms. The number of ether oxygens (including phenoxy) is 1. The zero-order valence-corrected chi connectivity index (χ0v) is 18.3. The van der Waals surface area contributed by atoms with E-state index in [2.05, 4.69) is 29.3 Å². The average Bonchev–Trinajstić information content (AvgIpc) is 2.70. The van der Waals surface area contributed by atoms with Gasteiger partial charge in [0.05, 0.1) is 11.6 Å². The van der Waals surface area contributed by atoms with E-state index >= 15 is 0 Å². The molecule has 0 aromatic heterocycles. The van der Waals surface area contributed by atoms with Gasteiger partial charge < -0.3 is 10.1 Å². The van der Waals surface area contributed by atoms with E-state index in [9.17, 15) is 4.79 Å². The van der Waals surface area contributed by atoms with Gasteiger partial charge in [0.1, 0.15) is 5.75 Å². The van der Waals surface area contributed by atoms with Crippen LogP contribution in [0.2, 0.25) is 10.0 Å². The molecule has 0 saturated carbocycles. The largest absolute Gasteiger partial charge is 0.492 e. The third-order valence-electron chi connectivity index (χ3n) is 5.22. The first kappa shape index (κ1) is 21.9. The number of likely N-dealkylation sites (tertiary alicyclic amines) is 1. The van der Waals surface area contributed by atoms with Crippen LogP contribution >= 0.6 is 23.2 Å². The van der Waals surface area contributed by atoms with Crippen LogP contribution in [0.25, 0.3) is 0 Å². The molecular weight excluding hydrogens is 407 g/mol. The third kappa shape index (κ3) is 7.22. The molecule has 1 N–H and O–H groups in total. The lowest BCUT2D eigenvalue weighted by atomic mass is 9.99. The maximum absolute atomic E-state index is 12.1. The maximum atomic E-state index is 12.1. The summed E-state index contributed by atoms with van der Waals surface area (Å²) in [5.74, 6) is 1.40. The Morgan fingerprint density at radius 1 is 1.14 bits per heavy atom. The van der Waals surface area contributed by atoms with Crippen molar-refractivity contribution < 1.29 is 9.53 Å². The fraction of sp³-hybridized carbons (Fsp3) is 0.435. The quantitative estimate of drug-likeness (QED) is 0.516. The Balaban J connectivity index is 1.36. The number of anilines is 1. The van der Waals surface area contributed by atoms with Crippen molar-refractivity contribution in [2.24, 2.45) is 5.92 Å². The molecule has 6 heteroatoms. The van der Waals surface area contributed by atoms with Crippen LogP contribution in [-0.4, -0.2) is 30.5 Å². The van der Waals surface area contributed by atoms with Crippen molar-refractivity contribution >= 4 is 34.8 Å². The second-order valence-corrected chi connectivity index (χ2v) is 8.57. The van der Waals surface area contributed by atoms with E-state index in [0.717, 1.165) is 18.2 Å². The first-order chi connectivity index (χ1) is 14.0. The highest BCUT2D eigenvalue weighted by Gasteiger charge is 2.15. The molecule has 156 valence electrons. The van der Waals surface area contributed by atoms with Gasteiger partial charge in [0.2, 0.25) is 5.91 Å². The summed E-state index contributed by atoms with van der Waals surface area (Å²) in [7, 11) is 0. The van der Waals surface area contributed by atoms with Crippen LogP contribution in [0.4, 0.5) is 5.69 Å². The van der Waals surface area contributed by atoms with Gasteiger partial charge in [0, 0.05) is 23.7 Å². The van der Waals surface area contributed by atoms with E-state index in [1.54, 1.807) is 18.2 Å². The van der Waals surface area contributed by atoms with Gasteiger partial charge in [-0.2, -0.15) is 0 Å². The highest BCUT2D eigenvalue weighted by Crippen LogP contribution is 2.27. The molecule has 0 spiro atoms. The molecule has 1 saturated heterocycles. The van der Waals surface area contributed by atoms with Gasteiger partial charge in [-0.3, -0.25) is 9.69 Å². The fourth-order valence-electron chi connectivity index (χ4n) is 3.40. The molecule has 1 heterocycles. The molecule has 3 rings (SSSR count). The van der Waals surface area contributed by atoms with Crippen LogP contribution < -0.4 is 10.1 Å². The van der Waals surface area contributed by atoms with Crippen LogP contribution in [0.15, 0.2) is 42.5 Å². The van der Waals surface area contributed by atoms with E-state index in [4.69, 9.17) is 27.9 Å². The van der Waals surface area contributed by atoms with Gasteiger partial charge >= 0.3 is 0 Å². The van der Waals surface area contributed by atoms with Gasteiger partial charge in [-0.05, 0) is 74.2 Å². The number of carbonyl (C=O) groups is 1. The molecule has 1 amide bonds. The maximum Gasteiger partial charge on any atom is 0.224 e. The highest BCUT2D eigenvalue weighted by atomic mass is 35.5. The number of halogens is 2. The van der Waals surface area contributed by atoms with E-state index < -0.39 is 0 Å². The second kappa shape index (κ2) is 10.9. The minimum absolute atomic E-state index is 0.0198. The molecule has 2 aromatic rings. The molecule has 1 fully saturated rings. The van der Waals surface area contributed by atoms with Crippen molar-refractivity contribution in [1.82, 2.24) is 4.90 Å². The van der Waals surface area contributed by atoms with Crippen molar-refractivity contribution in [2.75, 3.05) is 25.0 Å². The smallest absolute Gasteiger partial charge is 0.224 e. The molecular formula is C23H28Cl2N2O2. The Bertz CT molecular complexity index is 803. The van der Waals surface area contributed by atoms with E-state index in [1.807, 2.05) is 12.1 Å². The molecule has 0 atom stereocenters. The van der Waals surface area contributed by atoms with Gasteiger partial charge in [-0.1, -0.05) is 42.3 Å². The molecule has 0 radical (unpaired) electrons. The zero-order valence-electron chi connectivity index (χ0n) is 16.8. The fourth-order valence-corrected chi connectivity index (χ4v) is 3.87. The van der Waals surface area contributed by atoms with Gasteiger partial charge in [-0.25, -0.2) is 0 Å². The van der Waals surface area contributed by atoms with E-state index in [0.29, 0.717) is 35.2 Å². The average molecular weight is 435 g/mol. The summed E-state index contributed by atoms with van der Waals surface area (Å²) < 4.78 is 5.61. The Morgan fingerprint density at radius 3 is 2.55 bits per heavy atom. The molecule has 0 unspecified atom stereocenters. The van der Waals surface area contributed by atoms with Crippen LogP contribution in [0.5, 0.6) is 5.75 Å². The van der Waals surface area contributed by atoms with Crippen molar-refractivity contribution in [3.8, 4) is 5.75 Å². The summed E-state index contributed by atoms with van der Waals surface area (Å²) in [6.45, 7) is 6.06. The molecule has 4 nitrogen and oxygen atoms in total. The van der Waals surface area contributed by atoms with Crippen molar-refractivity contribution in [3.05, 3.63) is 58.1 Å². The lowest BCUT2D eigenvalue weighted by Gasteiger charge is -2.30. The number of piperidine rings is 1. The summed E-state index contributed by atoms with van der Waals surface area (Å²) in [5, 5.41) is 3.99. The minimum atomic E-state index is -0.0198. The van der Waals surface area contributed by atoms with Crippen molar-refractivity contribution in [3.63, 3.8) is 0 Å². The Hall–Kier alpha value is -1.75. The zero-order chi connectivity index (χ0) is 20.6. The first-order valence-corrected chi connectivity index (χ1v) is 10.9. The van der Waals surface area contributed by atoms with Gasteiger partial charge in [0.25, 0.3) is 0 Å². The van der Waals surface area contributed by atoms with Gasteiger partial charge in [0.15, 0.2) is 0 Å². The standard InChI is InChI=1S/C23H28Cl2N2O2/c1-17-10-12-27(13-11-17)16-18-4-7-20(8-5-18)26-23(28)3-2-14-29-22-9-6-19(24)15-21(22)25/h4-9,15,17H,2-3,10-14,16H2,1H3,(H,26,28). The number of amides is 1. The third-order valence-corrected chi connectivity index (χ3v) is 5.75. The van der Waals surface area contributed by atoms with E-state index in [-0.39, 0.29) is 5.91 Å². The van der Waals surface area contributed by atoms with Crippen LogP contribution in [0, 0.1) is 5.92 Å². The number of rotatable bonds is 8. The predicted molar refractivity (Wildman–Crippen MR) is 120 cm³/mol. The summed E-state index contributed by atoms with van der Waals surface area (Å²) >= 11 is 11.9. The second-order valence-electron chi connectivity index (χ2n) is 7.73. The summed E-state index contributed by atoms with van der Waals surface area (Å²) in [4.78, 5) is 14.7. The number of hydrogen-bond acceptors (Lipinski definition) is 3. The van der Waals surface area contributed by atoms with Crippen LogP contribution in [-0.2, 0) is 11.3 Å². The molecule has 1 aliphatic rings. The lowest BCUT2D eigenvalue weighted by molar-refractivity contribution is -0.116. The van der Waals surface area contributed by atoms with Crippen LogP contribution in [0.3, 0.4) is 0 Å². The number of carbonyl (C=O) groups excluding carboxylic acids is 1. The summed E-state index contributed by atoms with van der Waals surface area (Å²) in [5.41, 5.74) is 2.11. The van der Waals surface area contributed by atoms with Crippen molar-refractivity contribution in [2.45, 2.75) is 39.2 Å². The molecule has 29 heavy (non-hydrogen) atoms. The number of nitrogens with one attached hydrogen (secondary N) is 1. The number of hydrogen-bond donors (Lipinski definition) is 1. The summed E-state index contributed by atoms with van der Waals surface area (Å²) in [6, 6.07) is 13.2. The Labute approximate surface area is 183 Å². The Kier molecular flexibility index (Phi) is 8.22. The first-order valence-electron chi connectivity index (χ1n) is 10.2. The highest BCUT2D eigenvalue weighted by molar-refractivity contribution is 6.35. The number of nitrogens with zero attached hydrogens (tertiary/aromatic N) is 1. The molecule has 2 aromatic carbocycles. The predicted octanol–water partition coefficient (Wildman–Crippen LogP) is 6.02.